The summed E-state index contributed by atoms with van der Waals surface area (Å²) in [6, 6.07) is 17.9. The number of hydrogen-bond acceptors (Lipinski definition) is 4. The first kappa shape index (κ1) is 26.4. The van der Waals surface area contributed by atoms with E-state index >= 15 is 0 Å². The lowest BCUT2D eigenvalue weighted by Crippen LogP contribution is -2.41. The summed E-state index contributed by atoms with van der Waals surface area (Å²) in [5, 5.41) is 2.99. The summed E-state index contributed by atoms with van der Waals surface area (Å²) in [5.74, 6) is 0.244. The molecule has 3 rings (SSSR count). The number of sulfonamides is 1. The number of hydrogen-bond donors (Lipinski definition) is 1. The Hall–Kier alpha value is -3.16. The number of benzene rings is 3. The van der Waals surface area contributed by atoms with Crippen molar-refractivity contribution in [3.8, 4) is 5.75 Å². The van der Waals surface area contributed by atoms with Crippen molar-refractivity contribution >= 4 is 15.9 Å². The molecular weight excluding hydrogens is 460 g/mol. The number of aryl methyl sites for hydroxylation is 4. The molecule has 0 saturated carbocycles. The molecule has 35 heavy (non-hydrogen) atoms. The SMILES string of the molecule is COc1ccc(S(=O)(=O)N(CC(=O)N[C@H](C)c2cc(C)c(C)cc2C)Cc2ccccc2)cc1C. The number of ether oxygens (including phenoxy) is 1. The summed E-state index contributed by atoms with van der Waals surface area (Å²) in [4.78, 5) is 13.2. The van der Waals surface area contributed by atoms with E-state index in [0.29, 0.717) is 11.3 Å². The fraction of sp³-hybridized carbons (Fsp3) is 0.321. The van der Waals surface area contributed by atoms with Crippen molar-refractivity contribution < 1.29 is 17.9 Å². The zero-order valence-electron chi connectivity index (χ0n) is 21.3. The lowest BCUT2D eigenvalue weighted by atomic mass is 9.96. The van der Waals surface area contributed by atoms with Crippen LogP contribution in [0.15, 0.2) is 65.6 Å². The Balaban J connectivity index is 1.88. The van der Waals surface area contributed by atoms with Crippen molar-refractivity contribution in [1.82, 2.24) is 9.62 Å². The zero-order valence-corrected chi connectivity index (χ0v) is 22.1. The van der Waals surface area contributed by atoms with Gasteiger partial charge in [-0.1, -0.05) is 42.5 Å². The van der Waals surface area contributed by atoms with Crippen LogP contribution in [0.25, 0.3) is 0 Å². The Morgan fingerprint density at radius 2 is 1.57 bits per heavy atom. The molecule has 1 atom stereocenters. The zero-order chi connectivity index (χ0) is 25.8. The molecule has 186 valence electrons. The van der Waals surface area contributed by atoms with Crippen LogP contribution in [0.4, 0.5) is 0 Å². The molecule has 0 bridgehead atoms. The molecule has 3 aromatic rings. The van der Waals surface area contributed by atoms with Crippen LogP contribution in [0.5, 0.6) is 5.75 Å². The second-order valence-corrected chi connectivity index (χ2v) is 10.9. The van der Waals surface area contributed by atoms with Gasteiger partial charge in [0, 0.05) is 6.54 Å². The standard InChI is InChI=1S/C28H34N2O4S/c1-19-14-21(3)26(16-20(19)2)23(5)29-28(31)18-30(17-24-10-8-7-9-11-24)35(32,33)25-12-13-27(34-6)22(4)15-25/h7-16,23H,17-18H2,1-6H3,(H,29,31)/t23-/m1/s1. The highest BCUT2D eigenvalue weighted by Gasteiger charge is 2.28. The van der Waals surface area contributed by atoms with Crippen molar-refractivity contribution in [2.45, 2.75) is 52.1 Å². The van der Waals surface area contributed by atoms with Gasteiger partial charge in [-0.05, 0) is 86.2 Å². The summed E-state index contributed by atoms with van der Waals surface area (Å²) in [6.45, 7) is 9.61. The highest BCUT2D eigenvalue weighted by atomic mass is 32.2. The normalized spacial score (nSPS) is 12.4. The molecule has 0 aliphatic heterocycles. The van der Waals surface area contributed by atoms with Crippen LogP contribution in [0.2, 0.25) is 0 Å². The Labute approximate surface area is 209 Å². The molecule has 0 unspecified atom stereocenters. The van der Waals surface area contributed by atoms with Gasteiger partial charge < -0.3 is 10.1 Å². The summed E-state index contributed by atoms with van der Waals surface area (Å²) in [7, 11) is -2.40. The minimum atomic E-state index is -3.95. The lowest BCUT2D eigenvalue weighted by molar-refractivity contribution is -0.122. The molecule has 0 radical (unpaired) electrons. The van der Waals surface area contributed by atoms with Crippen LogP contribution in [-0.2, 0) is 21.4 Å². The molecule has 1 amide bonds. The molecule has 0 fully saturated rings. The topological polar surface area (TPSA) is 75.7 Å². The van der Waals surface area contributed by atoms with Crippen LogP contribution >= 0.6 is 0 Å². The second-order valence-electron chi connectivity index (χ2n) is 8.97. The highest BCUT2D eigenvalue weighted by molar-refractivity contribution is 7.89. The van der Waals surface area contributed by atoms with Gasteiger partial charge in [-0.2, -0.15) is 4.31 Å². The molecule has 0 saturated heterocycles. The van der Waals surface area contributed by atoms with Crippen LogP contribution < -0.4 is 10.1 Å². The first-order chi connectivity index (χ1) is 16.5. The summed E-state index contributed by atoms with van der Waals surface area (Å²) < 4.78 is 33.7. The highest BCUT2D eigenvalue weighted by Crippen LogP contribution is 2.25. The minimum Gasteiger partial charge on any atom is -0.496 e. The van der Waals surface area contributed by atoms with E-state index in [4.69, 9.17) is 4.74 Å². The van der Waals surface area contributed by atoms with Gasteiger partial charge in [0.2, 0.25) is 15.9 Å². The number of rotatable bonds is 9. The number of carbonyl (C=O) groups is 1. The third-order valence-electron chi connectivity index (χ3n) is 6.25. The first-order valence-electron chi connectivity index (χ1n) is 11.6. The Bertz CT molecular complexity index is 1300. The van der Waals surface area contributed by atoms with E-state index in [9.17, 15) is 13.2 Å². The predicted octanol–water partition coefficient (Wildman–Crippen LogP) is 5.00. The average Bonchev–Trinajstić information content (AvgIpc) is 2.81. The van der Waals surface area contributed by atoms with Crippen molar-refractivity contribution in [3.05, 3.63) is 94.0 Å². The maximum atomic E-state index is 13.6. The fourth-order valence-corrected chi connectivity index (χ4v) is 5.62. The van der Waals surface area contributed by atoms with E-state index in [0.717, 1.165) is 22.3 Å². The first-order valence-corrected chi connectivity index (χ1v) is 13.0. The van der Waals surface area contributed by atoms with E-state index in [-0.39, 0.29) is 29.9 Å². The van der Waals surface area contributed by atoms with Crippen molar-refractivity contribution in [2.24, 2.45) is 0 Å². The monoisotopic (exact) mass is 494 g/mol. The van der Waals surface area contributed by atoms with Crippen LogP contribution in [0.3, 0.4) is 0 Å². The number of nitrogens with one attached hydrogen (secondary N) is 1. The summed E-state index contributed by atoms with van der Waals surface area (Å²) in [5.41, 5.74) is 5.95. The molecule has 6 nitrogen and oxygen atoms in total. The van der Waals surface area contributed by atoms with Gasteiger partial charge in [0.05, 0.1) is 24.6 Å². The Morgan fingerprint density at radius 1 is 0.914 bits per heavy atom. The Kier molecular flexibility index (Phi) is 8.35. The number of amides is 1. The van der Waals surface area contributed by atoms with E-state index in [1.807, 2.05) is 51.1 Å². The quantitative estimate of drug-likeness (QED) is 0.454. The van der Waals surface area contributed by atoms with Gasteiger partial charge >= 0.3 is 0 Å². The van der Waals surface area contributed by atoms with Crippen molar-refractivity contribution in [2.75, 3.05) is 13.7 Å². The number of nitrogens with zero attached hydrogens (tertiary/aromatic N) is 1. The molecule has 0 heterocycles. The van der Waals surface area contributed by atoms with Gasteiger partial charge in [-0.3, -0.25) is 4.79 Å². The van der Waals surface area contributed by atoms with Crippen molar-refractivity contribution in [1.29, 1.82) is 0 Å². The largest absolute Gasteiger partial charge is 0.496 e. The predicted molar refractivity (Wildman–Crippen MR) is 139 cm³/mol. The number of methoxy groups -OCH3 is 1. The van der Waals surface area contributed by atoms with Gasteiger partial charge in [-0.15, -0.1) is 0 Å². The molecule has 7 heteroatoms. The van der Waals surface area contributed by atoms with Gasteiger partial charge in [0.1, 0.15) is 5.75 Å². The molecular formula is C28H34N2O4S. The molecule has 1 N–H and O–H groups in total. The van der Waals surface area contributed by atoms with E-state index in [1.165, 1.54) is 15.9 Å². The molecule has 0 aliphatic carbocycles. The lowest BCUT2D eigenvalue weighted by Gasteiger charge is -2.24. The fourth-order valence-electron chi connectivity index (χ4n) is 4.15. The minimum absolute atomic E-state index is 0.0821. The average molecular weight is 495 g/mol. The Morgan fingerprint density at radius 3 is 2.20 bits per heavy atom. The third kappa shape index (κ3) is 6.29. The van der Waals surface area contributed by atoms with Crippen LogP contribution in [0, 0.1) is 27.7 Å². The number of carbonyl (C=O) groups excluding carboxylic acids is 1. The molecule has 0 spiro atoms. The van der Waals surface area contributed by atoms with E-state index in [1.54, 1.807) is 26.2 Å². The van der Waals surface area contributed by atoms with Crippen LogP contribution in [-0.4, -0.2) is 32.3 Å². The molecule has 0 aliphatic rings. The molecule has 3 aromatic carbocycles. The summed E-state index contributed by atoms with van der Waals surface area (Å²) >= 11 is 0. The van der Waals surface area contributed by atoms with Gasteiger partial charge in [-0.25, -0.2) is 8.42 Å². The smallest absolute Gasteiger partial charge is 0.243 e. The maximum absolute atomic E-state index is 13.6. The van der Waals surface area contributed by atoms with E-state index < -0.39 is 10.0 Å². The molecule has 0 aromatic heterocycles. The third-order valence-corrected chi connectivity index (χ3v) is 8.04. The summed E-state index contributed by atoms with van der Waals surface area (Å²) in [6.07, 6.45) is 0. The van der Waals surface area contributed by atoms with Crippen molar-refractivity contribution in [3.63, 3.8) is 0 Å². The van der Waals surface area contributed by atoms with Gasteiger partial charge in [0.15, 0.2) is 0 Å². The van der Waals surface area contributed by atoms with Crippen LogP contribution in [0.1, 0.15) is 46.3 Å². The maximum Gasteiger partial charge on any atom is 0.243 e. The van der Waals surface area contributed by atoms with E-state index in [2.05, 4.69) is 24.4 Å². The van der Waals surface area contributed by atoms with Gasteiger partial charge in [0.25, 0.3) is 0 Å². The second kappa shape index (κ2) is 11.1.